The Labute approximate surface area is 93.0 Å². The molecule has 15 heavy (non-hydrogen) atoms. The third-order valence-electron chi connectivity index (χ3n) is 2.64. The monoisotopic (exact) mass is 216 g/mol. The fourth-order valence-electron chi connectivity index (χ4n) is 1.88. The molecule has 1 aromatic heterocycles. The normalized spacial score (nSPS) is 18.8. The van der Waals surface area contributed by atoms with E-state index in [1.165, 1.54) is 16.3 Å². The van der Waals surface area contributed by atoms with Crippen LogP contribution in [0.2, 0.25) is 0 Å². The van der Waals surface area contributed by atoms with Crippen LogP contribution in [-0.2, 0) is 0 Å². The van der Waals surface area contributed by atoms with E-state index in [0.717, 1.165) is 6.54 Å². The SMILES string of the molecule is c1csc(C2CNc3ccccc3N2)c1. The number of fused-ring (bicyclic) bond motifs is 1. The van der Waals surface area contributed by atoms with E-state index in [1.54, 1.807) is 11.3 Å². The molecule has 1 aromatic carbocycles. The van der Waals surface area contributed by atoms with E-state index in [1.807, 2.05) is 0 Å². The van der Waals surface area contributed by atoms with Crippen molar-refractivity contribution in [1.82, 2.24) is 0 Å². The maximum atomic E-state index is 3.55. The number of benzene rings is 1. The summed E-state index contributed by atoms with van der Waals surface area (Å²) in [5.41, 5.74) is 2.40. The average molecular weight is 216 g/mol. The predicted molar refractivity (Wildman–Crippen MR) is 65.6 cm³/mol. The molecule has 1 aliphatic heterocycles. The summed E-state index contributed by atoms with van der Waals surface area (Å²) in [7, 11) is 0. The number of hydrogen-bond acceptors (Lipinski definition) is 3. The molecule has 1 unspecified atom stereocenters. The van der Waals surface area contributed by atoms with E-state index in [0.29, 0.717) is 6.04 Å². The van der Waals surface area contributed by atoms with E-state index in [-0.39, 0.29) is 0 Å². The molecule has 3 heteroatoms. The number of nitrogens with one attached hydrogen (secondary N) is 2. The van der Waals surface area contributed by atoms with Crippen LogP contribution in [0.3, 0.4) is 0 Å². The zero-order valence-electron chi connectivity index (χ0n) is 8.23. The Hall–Kier alpha value is -1.48. The van der Waals surface area contributed by atoms with Gasteiger partial charge in [0.05, 0.1) is 17.4 Å². The Morgan fingerprint density at radius 2 is 1.93 bits per heavy atom. The fourth-order valence-corrected chi connectivity index (χ4v) is 2.65. The molecular formula is C12H12N2S. The van der Waals surface area contributed by atoms with Crippen molar-refractivity contribution in [2.24, 2.45) is 0 Å². The lowest BCUT2D eigenvalue weighted by atomic mass is 10.1. The predicted octanol–water partition coefficient (Wildman–Crippen LogP) is 3.33. The van der Waals surface area contributed by atoms with E-state index in [9.17, 15) is 0 Å². The van der Waals surface area contributed by atoms with Crippen molar-refractivity contribution in [2.45, 2.75) is 6.04 Å². The second-order valence-corrected chi connectivity index (χ2v) is 4.62. The highest BCUT2D eigenvalue weighted by molar-refractivity contribution is 7.10. The quantitative estimate of drug-likeness (QED) is 0.764. The summed E-state index contributed by atoms with van der Waals surface area (Å²) in [6, 6.07) is 13.0. The van der Waals surface area contributed by atoms with Crippen molar-refractivity contribution in [1.29, 1.82) is 0 Å². The minimum atomic E-state index is 0.403. The first kappa shape index (κ1) is 8.80. The molecule has 0 saturated carbocycles. The van der Waals surface area contributed by atoms with Gasteiger partial charge in [-0.25, -0.2) is 0 Å². The van der Waals surface area contributed by atoms with Crippen molar-refractivity contribution < 1.29 is 0 Å². The zero-order chi connectivity index (χ0) is 10.1. The van der Waals surface area contributed by atoms with Gasteiger partial charge < -0.3 is 10.6 Å². The Bertz CT molecular complexity index is 450. The van der Waals surface area contributed by atoms with E-state index >= 15 is 0 Å². The lowest BCUT2D eigenvalue weighted by Crippen LogP contribution is -2.24. The van der Waals surface area contributed by atoms with E-state index < -0.39 is 0 Å². The summed E-state index contributed by atoms with van der Waals surface area (Å²) in [4.78, 5) is 1.39. The van der Waals surface area contributed by atoms with Gasteiger partial charge in [-0.3, -0.25) is 0 Å². The summed E-state index contributed by atoms with van der Waals surface area (Å²) in [5, 5.41) is 9.11. The molecule has 0 spiro atoms. The number of rotatable bonds is 1. The van der Waals surface area contributed by atoms with Crippen LogP contribution >= 0.6 is 11.3 Å². The molecule has 3 rings (SSSR count). The largest absolute Gasteiger partial charge is 0.381 e. The molecule has 2 N–H and O–H groups in total. The Morgan fingerprint density at radius 3 is 2.73 bits per heavy atom. The minimum absolute atomic E-state index is 0.403. The molecule has 0 radical (unpaired) electrons. The van der Waals surface area contributed by atoms with Crippen molar-refractivity contribution in [2.75, 3.05) is 17.2 Å². The molecule has 0 amide bonds. The van der Waals surface area contributed by atoms with Gasteiger partial charge in [0.25, 0.3) is 0 Å². The number of anilines is 2. The van der Waals surface area contributed by atoms with Crippen LogP contribution in [-0.4, -0.2) is 6.54 Å². The lowest BCUT2D eigenvalue weighted by Gasteiger charge is -2.27. The standard InChI is InChI=1S/C12H12N2S/c1-2-5-10-9(4-1)13-8-11(14-10)12-6-3-7-15-12/h1-7,11,13-14H,8H2. The van der Waals surface area contributed by atoms with Crippen LogP contribution in [0.15, 0.2) is 41.8 Å². The molecular weight excluding hydrogens is 204 g/mol. The van der Waals surface area contributed by atoms with Gasteiger partial charge in [-0.1, -0.05) is 18.2 Å². The molecule has 0 saturated heterocycles. The first-order chi connectivity index (χ1) is 7.43. The molecule has 0 fully saturated rings. The third-order valence-corrected chi connectivity index (χ3v) is 3.63. The molecule has 2 heterocycles. The van der Waals surface area contributed by atoms with Crippen LogP contribution in [0.5, 0.6) is 0 Å². The summed E-state index contributed by atoms with van der Waals surface area (Å²) in [6.07, 6.45) is 0. The summed E-state index contributed by atoms with van der Waals surface area (Å²) in [6.45, 7) is 0.956. The van der Waals surface area contributed by atoms with Gasteiger partial charge in [-0.05, 0) is 23.6 Å². The topological polar surface area (TPSA) is 24.1 Å². The molecule has 1 atom stereocenters. The second-order valence-electron chi connectivity index (χ2n) is 3.64. The van der Waals surface area contributed by atoms with Gasteiger partial charge in [0, 0.05) is 11.4 Å². The third kappa shape index (κ3) is 1.59. The van der Waals surface area contributed by atoms with Crippen LogP contribution in [0.4, 0.5) is 11.4 Å². The van der Waals surface area contributed by atoms with Gasteiger partial charge in [0.15, 0.2) is 0 Å². The highest BCUT2D eigenvalue weighted by Gasteiger charge is 2.18. The highest BCUT2D eigenvalue weighted by Crippen LogP contribution is 2.32. The van der Waals surface area contributed by atoms with Crippen LogP contribution in [0.1, 0.15) is 10.9 Å². The molecule has 0 bridgehead atoms. The fraction of sp³-hybridized carbons (Fsp3) is 0.167. The van der Waals surface area contributed by atoms with Gasteiger partial charge in [0.2, 0.25) is 0 Å². The number of hydrogen-bond donors (Lipinski definition) is 2. The number of thiophene rings is 1. The molecule has 0 aliphatic carbocycles. The van der Waals surface area contributed by atoms with Crippen molar-refractivity contribution >= 4 is 22.7 Å². The smallest absolute Gasteiger partial charge is 0.0779 e. The molecule has 2 nitrogen and oxygen atoms in total. The van der Waals surface area contributed by atoms with Gasteiger partial charge >= 0.3 is 0 Å². The molecule has 76 valence electrons. The Balaban J connectivity index is 1.89. The van der Waals surface area contributed by atoms with Crippen molar-refractivity contribution in [3.05, 3.63) is 46.7 Å². The van der Waals surface area contributed by atoms with E-state index in [2.05, 4.69) is 52.4 Å². The molecule has 1 aliphatic rings. The summed E-state index contributed by atoms with van der Waals surface area (Å²) < 4.78 is 0. The summed E-state index contributed by atoms with van der Waals surface area (Å²) >= 11 is 1.80. The van der Waals surface area contributed by atoms with Crippen molar-refractivity contribution in [3.63, 3.8) is 0 Å². The second kappa shape index (κ2) is 3.59. The number of para-hydroxylation sites is 2. The zero-order valence-corrected chi connectivity index (χ0v) is 9.05. The van der Waals surface area contributed by atoms with Gasteiger partial charge in [-0.15, -0.1) is 11.3 Å². The lowest BCUT2D eigenvalue weighted by molar-refractivity contribution is 0.820. The maximum Gasteiger partial charge on any atom is 0.0779 e. The van der Waals surface area contributed by atoms with Crippen LogP contribution < -0.4 is 10.6 Å². The van der Waals surface area contributed by atoms with E-state index in [4.69, 9.17) is 0 Å². The summed E-state index contributed by atoms with van der Waals surface area (Å²) in [5.74, 6) is 0. The van der Waals surface area contributed by atoms with Gasteiger partial charge in [-0.2, -0.15) is 0 Å². The van der Waals surface area contributed by atoms with Crippen LogP contribution in [0, 0.1) is 0 Å². The Morgan fingerprint density at radius 1 is 1.07 bits per heavy atom. The van der Waals surface area contributed by atoms with Crippen molar-refractivity contribution in [3.8, 4) is 0 Å². The first-order valence-corrected chi connectivity index (χ1v) is 5.94. The minimum Gasteiger partial charge on any atom is -0.381 e. The maximum absolute atomic E-state index is 3.55. The van der Waals surface area contributed by atoms with Gasteiger partial charge in [0.1, 0.15) is 0 Å². The highest BCUT2D eigenvalue weighted by atomic mass is 32.1. The molecule has 2 aromatic rings. The first-order valence-electron chi connectivity index (χ1n) is 5.06. The Kier molecular flexibility index (Phi) is 2.10. The average Bonchev–Trinajstić information content (AvgIpc) is 2.82. The van der Waals surface area contributed by atoms with Crippen LogP contribution in [0.25, 0.3) is 0 Å².